The Balaban J connectivity index is 1.47. The molecular formula is C21H28Cl2N2O3S. The van der Waals surface area contributed by atoms with Gasteiger partial charge in [0.25, 0.3) is 0 Å². The largest absolute Gasteiger partial charge is 0.356 e. The Hall–Kier alpha value is -1.08. The fourth-order valence-electron chi connectivity index (χ4n) is 3.96. The van der Waals surface area contributed by atoms with Crippen molar-refractivity contribution in [2.24, 2.45) is 5.92 Å². The summed E-state index contributed by atoms with van der Waals surface area (Å²) < 4.78 is 27.0. The minimum absolute atomic E-state index is 0.0348. The Labute approximate surface area is 183 Å². The summed E-state index contributed by atoms with van der Waals surface area (Å²) in [6.45, 7) is 1.34. The Morgan fingerprint density at radius 2 is 1.83 bits per heavy atom. The maximum absolute atomic E-state index is 12.8. The second-order valence-corrected chi connectivity index (χ2v) is 10.6. The van der Waals surface area contributed by atoms with Crippen LogP contribution in [0.25, 0.3) is 0 Å². The summed E-state index contributed by atoms with van der Waals surface area (Å²) >= 11 is 12.2. The van der Waals surface area contributed by atoms with Gasteiger partial charge in [0.15, 0.2) is 0 Å². The number of benzene rings is 1. The first kappa shape index (κ1) is 22.6. The summed E-state index contributed by atoms with van der Waals surface area (Å²) in [4.78, 5) is 12.4. The van der Waals surface area contributed by atoms with Crippen molar-refractivity contribution in [2.45, 2.75) is 50.7 Å². The molecule has 1 saturated heterocycles. The predicted octanol–water partition coefficient (Wildman–Crippen LogP) is 4.54. The minimum atomic E-state index is -3.54. The number of carbonyl (C=O) groups is 1. The van der Waals surface area contributed by atoms with Gasteiger partial charge in [-0.25, -0.2) is 12.7 Å². The molecule has 1 aromatic rings. The minimum Gasteiger partial charge on any atom is -0.356 e. The van der Waals surface area contributed by atoms with Crippen LogP contribution in [0.15, 0.2) is 29.8 Å². The molecule has 0 bridgehead atoms. The SMILES string of the molecule is O=C(NCCC1=CCCCC1)C1CCN(S(=O)(=O)Cc2c(Cl)cccc2Cl)CC1. The van der Waals surface area contributed by atoms with Crippen molar-refractivity contribution in [2.75, 3.05) is 19.6 Å². The number of hydrogen-bond donors (Lipinski definition) is 1. The van der Waals surface area contributed by atoms with Crippen molar-refractivity contribution in [3.63, 3.8) is 0 Å². The van der Waals surface area contributed by atoms with E-state index in [0.29, 0.717) is 48.1 Å². The summed E-state index contributed by atoms with van der Waals surface area (Å²) in [6, 6.07) is 4.96. The fraction of sp³-hybridized carbons (Fsp3) is 0.571. The van der Waals surface area contributed by atoms with Crippen LogP contribution in [0.3, 0.4) is 0 Å². The molecule has 29 heavy (non-hydrogen) atoms. The van der Waals surface area contributed by atoms with Crippen molar-refractivity contribution in [1.82, 2.24) is 9.62 Å². The fourth-order valence-corrected chi connectivity index (χ4v) is 6.28. The summed E-state index contributed by atoms with van der Waals surface area (Å²) in [5, 5.41) is 3.73. The molecule has 1 fully saturated rings. The summed E-state index contributed by atoms with van der Waals surface area (Å²) in [5.41, 5.74) is 1.86. The zero-order chi connectivity index (χ0) is 20.9. The van der Waals surface area contributed by atoms with E-state index in [1.165, 1.54) is 22.7 Å². The standard InChI is InChI=1S/C21H28Cl2N2O3S/c22-19-7-4-8-20(23)18(19)15-29(27,28)25-13-10-17(11-14-25)21(26)24-12-9-16-5-2-1-3-6-16/h4-5,7-8,17H,1-3,6,9-15H2,(H,24,26). The van der Waals surface area contributed by atoms with E-state index in [9.17, 15) is 13.2 Å². The van der Waals surface area contributed by atoms with Crippen molar-refractivity contribution in [3.8, 4) is 0 Å². The smallest absolute Gasteiger partial charge is 0.223 e. The van der Waals surface area contributed by atoms with Crippen LogP contribution in [0.2, 0.25) is 10.0 Å². The molecule has 160 valence electrons. The highest BCUT2D eigenvalue weighted by Gasteiger charge is 2.31. The first-order valence-corrected chi connectivity index (χ1v) is 12.6. The number of allylic oxidation sites excluding steroid dienone is 1. The number of sulfonamides is 1. The molecule has 0 atom stereocenters. The molecule has 0 aromatic heterocycles. The molecule has 2 aliphatic rings. The molecule has 1 amide bonds. The van der Waals surface area contributed by atoms with Crippen molar-refractivity contribution < 1.29 is 13.2 Å². The van der Waals surface area contributed by atoms with Crippen molar-refractivity contribution in [1.29, 1.82) is 0 Å². The molecular weight excluding hydrogens is 431 g/mol. The van der Waals surface area contributed by atoms with Gasteiger partial charge in [-0.3, -0.25) is 4.79 Å². The van der Waals surface area contributed by atoms with Crippen LogP contribution >= 0.6 is 23.2 Å². The van der Waals surface area contributed by atoms with Crippen LogP contribution < -0.4 is 5.32 Å². The zero-order valence-electron chi connectivity index (χ0n) is 16.5. The van der Waals surface area contributed by atoms with E-state index in [2.05, 4.69) is 11.4 Å². The molecule has 1 aliphatic heterocycles. The van der Waals surface area contributed by atoms with Gasteiger partial charge in [-0.2, -0.15) is 0 Å². The lowest BCUT2D eigenvalue weighted by atomic mass is 9.96. The molecule has 1 heterocycles. The first-order valence-electron chi connectivity index (χ1n) is 10.2. The van der Waals surface area contributed by atoms with Crippen molar-refractivity contribution >= 4 is 39.1 Å². The molecule has 0 radical (unpaired) electrons. The van der Waals surface area contributed by atoms with Crippen LogP contribution in [0.1, 0.15) is 50.5 Å². The van der Waals surface area contributed by atoms with Crippen LogP contribution in [-0.2, 0) is 20.6 Å². The topological polar surface area (TPSA) is 66.5 Å². The number of amides is 1. The predicted molar refractivity (Wildman–Crippen MR) is 118 cm³/mol. The Kier molecular flexibility index (Phi) is 8.02. The molecule has 0 spiro atoms. The lowest BCUT2D eigenvalue weighted by Gasteiger charge is -2.30. The van der Waals surface area contributed by atoms with Gasteiger partial charge >= 0.3 is 0 Å². The third-order valence-electron chi connectivity index (χ3n) is 5.74. The molecule has 1 N–H and O–H groups in total. The van der Waals surface area contributed by atoms with Gasteiger partial charge < -0.3 is 5.32 Å². The summed E-state index contributed by atoms with van der Waals surface area (Å²) in [7, 11) is -3.54. The average molecular weight is 459 g/mol. The van der Waals surface area contributed by atoms with Crippen LogP contribution in [0.4, 0.5) is 0 Å². The lowest BCUT2D eigenvalue weighted by molar-refractivity contribution is -0.126. The van der Waals surface area contributed by atoms with Gasteiger partial charge in [0, 0.05) is 41.2 Å². The number of nitrogens with one attached hydrogen (secondary N) is 1. The lowest BCUT2D eigenvalue weighted by Crippen LogP contribution is -2.43. The molecule has 5 nitrogen and oxygen atoms in total. The van der Waals surface area contributed by atoms with E-state index >= 15 is 0 Å². The first-order chi connectivity index (χ1) is 13.9. The number of rotatable bonds is 7. The maximum atomic E-state index is 12.8. The van der Waals surface area contributed by atoms with E-state index in [0.717, 1.165) is 19.3 Å². The highest BCUT2D eigenvalue weighted by atomic mass is 35.5. The van der Waals surface area contributed by atoms with Gasteiger partial charge in [-0.05, 0) is 57.1 Å². The number of carbonyl (C=O) groups excluding carboxylic acids is 1. The van der Waals surface area contributed by atoms with Gasteiger partial charge in [0.05, 0.1) is 5.75 Å². The third kappa shape index (κ3) is 6.20. The highest BCUT2D eigenvalue weighted by molar-refractivity contribution is 7.88. The number of hydrogen-bond acceptors (Lipinski definition) is 3. The number of halogens is 2. The monoisotopic (exact) mass is 458 g/mol. The Bertz CT molecular complexity index is 842. The maximum Gasteiger partial charge on any atom is 0.223 e. The van der Waals surface area contributed by atoms with Crippen LogP contribution in [-0.4, -0.2) is 38.3 Å². The molecule has 1 aromatic carbocycles. The quantitative estimate of drug-likeness (QED) is 0.609. The van der Waals surface area contributed by atoms with Gasteiger partial charge in [-0.15, -0.1) is 0 Å². The zero-order valence-corrected chi connectivity index (χ0v) is 18.8. The van der Waals surface area contributed by atoms with Crippen LogP contribution in [0.5, 0.6) is 0 Å². The van der Waals surface area contributed by atoms with E-state index in [4.69, 9.17) is 23.2 Å². The normalized spacial score (nSPS) is 19.0. The number of piperidine rings is 1. The second-order valence-electron chi connectivity index (χ2n) is 7.78. The Morgan fingerprint density at radius 3 is 2.45 bits per heavy atom. The van der Waals surface area contributed by atoms with Crippen LogP contribution in [0, 0.1) is 5.92 Å². The van der Waals surface area contributed by atoms with E-state index < -0.39 is 10.0 Å². The van der Waals surface area contributed by atoms with E-state index in [-0.39, 0.29) is 17.6 Å². The third-order valence-corrected chi connectivity index (χ3v) is 8.25. The van der Waals surface area contributed by atoms with E-state index in [1.54, 1.807) is 18.2 Å². The van der Waals surface area contributed by atoms with Crippen molar-refractivity contribution in [3.05, 3.63) is 45.5 Å². The highest BCUT2D eigenvalue weighted by Crippen LogP contribution is 2.29. The second kappa shape index (κ2) is 10.3. The molecule has 1 aliphatic carbocycles. The van der Waals surface area contributed by atoms with E-state index in [1.807, 2.05) is 0 Å². The van der Waals surface area contributed by atoms with Gasteiger partial charge in [0.1, 0.15) is 0 Å². The molecule has 0 saturated carbocycles. The molecule has 8 heteroatoms. The molecule has 0 unspecified atom stereocenters. The van der Waals surface area contributed by atoms with Gasteiger partial charge in [0.2, 0.25) is 15.9 Å². The van der Waals surface area contributed by atoms with Gasteiger partial charge in [-0.1, -0.05) is 40.9 Å². The average Bonchev–Trinajstić information content (AvgIpc) is 2.72. The Morgan fingerprint density at radius 1 is 1.14 bits per heavy atom. The summed E-state index contributed by atoms with van der Waals surface area (Å²) in [5.74, 6) is -0.324. The molecule has 3 rings (SSSR count). The summed E-state index contributed by atoms with van der Waals surface area (Å²) in [6.07, 6.45) is 9.07. The number of nitrogens with zero attached hydrogens (tertiary/aromatic N) is 1.